The lowest BCUT2D eigenvalue weighted by Gasteiger charge is -2.14. The van der Waals surface area contributed by atoms with E-state index in [1.807, 2.05) is 35.7 Å². The summed E-state index contributed by atoms with van der Waals surface area (Å²) in [6, 6.07) is 14.3. The molecule has 3 aromatic rings. The highest BCUT2D eigenvalue weighted by Gasteiger charge is 2.18. The second-order valence-electron chi connectivity index (χ2n) is 4.47. The van der Waals surface area contributed by atoms with Crippen molar-refractivity contribution in [1.29, 1.82) is 0 Å². The van der Waals surface area contributed by atoms with E-state index in [9.17, 15) is 15.0 Å². The van der Waals surface area contributed by atoms with E-state index >= 15 is 0 Å². The van der Waals surface area contributed by atoms with Gasteiger partial charge in [-0.05, 0) is 28.5 Å². The number of carboxylic acids is 1. The largest absolute Gasteiger partial charge is 0.478 e. The Balaban J connectivity index is 2.28. The number of benzene rings is 2. The monoisotopic (exact) mass is 284 g/mol. The molecule has 1 unspecified atom stereocenters. The van der Waals surface area contributed by atoms with Gasteiger partial charge in [0.2, 0.25) is 0 Å². The number of hydrogen-bond acceptors (Lipinski definition) is 3. The van der Waals surface area contributed by atoms with Crippen LogP contribution < -0.4 is 0 Å². The first-order chi connectivity index (χ1) is 9.68. The average molecular weight is 284 g/mol. The van der Waals surface area contributed by atoms with Gasteiger partial charge in [0.25, 0.3) is 0 Å². The van der Waals surface area contributed by atoms with E-state index in [0.717, 1.165) is 10.3 Å². The number of aliphatic hydroxyl groups excluding tert-OH is 1. The van der Waals surface area contributed by atoms with Crippen molar-refractivity contribution in [3.05, 3.63) is 69.9 Å². The lowest BCUT2D eigenvalue weighted by molar-refractivity contribution is 0.0699. The van der Waals surface area contributed by atoms with Gasteiger partial charge < -0.3 is 10.2 Å². The first-order valence-corrected chi connectivity index (χ1v) is 7.03. The summed E-state index contributed by atoms with van der Waals surface area (Å²) in [6.07, 6.45) is -0.806. The second-order valence-corrected chi connectivity index (χ2v) is 5.45. The molecular weight excluding hydrogens is 272 g/mol. The minimum absolute atomic E-state index is 0.216. The van der Waals surface area contributed by atoms with Crippen LogP contribution in [0.15, 0.2) is 53.9 Å². The fourth-order valence-electron chi connectivity index (χ4n) is 2.38. The van der Waals surface area contributed by atoms with Crippen LogP contribution in [0.5, 0.6) is 0 Å². The van der Waals surface area contributed by atoms with Crippen LogP contribution in [0.1, 0.15) is 26.9 Å². The number of carbonyl (C=O) groups is 1. The van der Waals surface area contributed by atoms with Crippen molar-refractivity contribution in [3.8, 4) is 0 Å². The van der Waals surface area contributed by atoms with Crippen molar-refractivity contribution >= 4 is 28.1 Å². The van der Waals surface area contributed by atoms with Gasteiger partial charge in [-0.2, -0.15) is 0 Å². The molecule has 0 radical (unpaired) electrons. The van der Waals surface area contributed by atoms with E-state index in [0.29, 0.717) is 10.9 Å². The average Bonchev–Trinajstić information content (AvgIpc) is 2.99. The standard InChI is InChI=1S/C16H12O3S/c17-15(13-8-3-9-20-13)11-6-1-4-10-5-2-7-12(14(10)11)16(18)19/h1-9,15,17H,(H,18,19). The zero-order valence-electron chi connectivity index (χ0n) is 10.5. The van der Waals surface area contributed by atoms with Crippen molar-refractivity contribution in [2.24, 2.45) is 0 Å². The van der Waals surface area contributed by atoms with E-state index in [-0.39, 0.29) is 5.56 Å². The Morgan fingerprint density at radius 3 is 2.45 bits per heavy atom. The van der Waals surface area contributed by atoms with Gasteiger partial charge in [0, 0.05) is 10.3 Å². The molecule has 1 heterocycles. The summed E-state index contributed by atoms with van der Waals surface area (Å²) in [4.78, 5) is 12.2. The molecule has 0 saturated carbocycles. The third kappa shape index (κ3) is 2.09. The zero-order valence-corrected chi connectivity index (χ0v) is 11.3. The van der Waals surface area contributed by atoms with E-state index < -0.39 is 12.1 Å². The Bertz CT molecular complexity index is 757. The van der Waals surface area contributed by atoms with Crippen LogP contribution in [-0.4, -0.2) is 16.2 Å². The van der Waals surface area contributed by atoms with Gasteiger partial charge in [-0.1, -0.05) is 36.4 Å². The molecule has 1 atom stereocenters. The predicted octanol–water partition coefficient (Wildman–Crippen LogP) is 3.68. The third-order valence-electron chi connectivity index (χ3n) is 3.27. The van der Waals surface area contributed by atoms with Gasteiger partial charge in [0.1, 0.15) is 6.10 Å². The molecule has 4 heteroatoms. The van der Waals surface area contributed by atoms with Gasteiger partial charge in [0.05, 0.1) is 5.56 Å². The maximum Gasteiger partial charge on any atom is 0.336 e. The molecule has 0 fully saturated rings. The highest BCUT2D eigenvalue weighted by molar-refractivity contribution is 7.10. The smallest absolute Gasteiger partial charge is 0.336 e. The zero-order chi connectivity index (χ0) is 14.1. The maximum absolute atomic E-state index is 11.4. The van der Waals surface area contributed by atoms with Crippen molar-refractivity contribution in [2.75, 3.05) is 0 Å². The highest BCUT2D eigenvalue weighted by Crippen LogP contribution is 2.33. The highest BCUT2D eigenvalue weighted by atomic mass is 32.1. The number of carboxylic acid groups (broad SMARTS) is 1. The van der Waals surface area contributed by atoms with Crippen LogP contribution in [0.25, 0.3) is 10.8 Å². The molecule has 3 rings (SSSR count). The number of aromatic carboxylic acids is 1. The summed E-state index contributed by atoms with van der Waals surface area (Å²) in [5.41, 5.74) is 0.844. The Kier molecular flexibility index (Phi) is 3.26. The number of fused-ring (bicyclic) bond motifs is 1. The first kappa shape index (κ1) is 12.8. The van der Waals surface area contributed by atoms with E-state index in [1.165, 1.54) is 11.3 Å². The van der Waals surface area contributed by atoms with Crippen LogP contribution in [0.2, 0.25) is 0 Å². The summed E-state index contributed by atoms with van der Waals surface area (Å²) < 4.78 is 0. The Hall–Kier alpha value is -2.17. The number of thiophene rings is 1. The quantitative estimate of drug-likeness (QED) is 0.771. The Labute approximate surface area is 119 Å². The van der Waals surface area contributed by atoms with Gasteiger partial charge in [-0.3, -0.25) is 0 Å². The summed E-state index contributed by atoms with van der Waals surface area (Å²) in [5, 5.41) is 23.2. The molecular formula is C16H12O3S. The summed E-state index contributed by atoms with van der Waals surface area (Å²) in [6.45, 7) is 0. The van der Waals surface area contributed by atoms with Gasteiger partial charge in [0.15, 0.2) is 0 Å². The molecule has 2 aromatic carbocycles. The minimum Gasteiger partial charge on any atom is -0.478 e. The van der Waals surface area contributed by atoms with Crippen molar-refractivity contribution in [2.45, 2.75) is 6.10 Å². The molecule has 20 heavy (non-hydrogen) atoms. The van der Waals surface area contributed by atoms with Crippen LogP contribution >= 0.6 is 11.3 Å². The van der Waals surface area contributed by atoms with Crippen LogP contribution in [0.4, 0.5) is 0 Å². The predicted molar refractivity (Wildman–Crippen MR) is 79.3 cm³/mol. The summed E-state index contributed by atoms with van der Waals surface area (Å²) in [5.74, 6) is -0.985. The molecule has 0 aliphatic heterocycles. The lowest BCUT2D eigenvalue weighted by Crippen LogP contribution is -2.03. The van der Waals surface area contributed by atoms with E-state index in [4.69, 9.17) is 0 Å². The maximum atomic E-state index is 11.4. The molecule has 0 amide bonds. The lowest BCUT2D eigenvalue weighted by atomic mass is 9.95. The molecule has 0 aliphatic carbocycles. The van der Waals surface area contributed by atoms with Crippen LogP contribution in [0, 0.1) is 0 Å². The normalized spacial score (nSPS) is 12.4. The third-order valence-corrected chi connectivity index (χ3v) is 4.20. The molecule has 1 aromatic heterocycles. The number of rotatable bonds is 3. The second kappa shape index (κ2) is 5.07. The van der Waals surface area contributed by atoms with Gasteiger partial charge >= 0.3 is 5.97 Å². The van der Waals surface area contributed by atoms with E-state index in [2.05, 4.69) is 0 Å². The molecule has 3 nitrogen and oxygen atoms in total. The Morgan fingerprint density at radius 1 is 1.05 bits per heavy atom. The van der Waals surface area contributed by atoms with Crippen molar-refractivity contribution in [3.63, 3.8) is 0 Å². The molecule has 2 N–H and O–H groups in total. The molecule has 0 bridgehead atoms. The molecule has 0 saturated heterocycles. The fraction of sp³-hybridized carbons (Fsp3) is 0.0625. The van der Waals surface area contributed by atoms with Crippen LogP contribution in [-0.2, 0) is 0 Å². The number of hydrogen-bond donors (Lipinski definition) is 2. The van der Waals surface area contributed by atoms with Gasteiger partial charge in [-0.25, -0.2) is 4.79 Å². The van der Waals surface area contributed by atoms with Crippen molar-refractivity contribution < 1.29 is 15.0 Å². The summed E-state index contributed by atoms with van der Waals surface area (Å²) in [7, 11) is 0. The van der Waals surface area contributed by atoms with Crippen molar-refractivity contribution in [1.82, 2.24) is 0 Å². The van der Waals surface area contributed by atoms with Crippen LogP contribution in [0.3, 0.4) is 0 Å². The SMILES string of the molecule is O=C(O)c1cccc2cccc(C(O)c3cccs3)c12. The first-order valence-electron chi connectivity index (χ1n) is 6.15. The topological polar surface area (TPSA) is 57.5 Å². The van der Waals surface area contributed by atoms with Gasteiger partial charge in [-0.15, -0.1) is 11.3 Å². The van der Waals surface area contributed by atoms with E-state index in [1.54, 1.807) is 18.2 Å². The summed E-state index contributed by atoms with van der Waals surface area (Å²) >= 11 is 1.45. The fourth-order valence-corrected chi connectivity index (χ4v) is 3.10. The Morgan fingerprint density at radius 2 is 1.80 bits per heavy atom. The minimum atomic E-state index is -0.985. The molecule has 0 spiro atoms. The molecule has 100 valence electrons. The molecule has 0 aliphatic rings. The number of aliphatic hydroxyl groups is 1.